The number of allylic oxidation sites excluding steroid dienone is 1. The number of ether oxygens (including phenoxy) is 2. The Morgan fingerprint density at radius 1 is 1.50 bits per heavy atom. The Bertz CT molecular complexity index is 864. The second kappa shape index (κ2) is 5.26. The zero-order valence-corrected chi connectivity index (χ0v) is 11.7. The molecule has 1 aliphatic rings. The van der Waals surface area contributed by atoms with Gasteiger partial charge in [0.25, 0.3) is 5.56 Å². The minimum absolute atomic E-state index is 0.0547. The zero-order chi connectivity index (χ0) is 15.7. The molecule has 3 rings (SSSR count). The monoisotopic (exact) mass is 296 g/mol. The first kappa shape index (κ1) is 13.7. The lowest BCUT2D eigenvalue weighted by Crippen LogP contribution is -2.28. The minimum atomic E-state index is -0.652. The van der Waals surface area contributed by atoms with Gasteiger partial charge in [0.15, 0.2) is 0 Å². The minimum Gasteiger partial charge on any atom is -0.497 e. The molecule has 2 aromatic rings. The number of methoxy groups -OCH3 is 1. The molecule has 0 spiro atoms. The van der Waals surface area contributed by atoms with E-state index in [9.17, 15) is 10.1 Å². The Morgan fingerprint density at radius 3 is 3.05 bits per heavy atom. The fraction of sp³-hybridized carbons (Fsp3) is 0.133. The molecule has 22 heavy (non-hydrogen) atoms. The predicted octanol–water partition coefficient (Wildman–Crippen LogP) is 0.997. The van der Waals surface area contributed by atoms with E-state index in [4.69, 9.17) is 15.2 Å². The number of nitrogens with zero attached hydrogens (tertiary/aromatic N) is 2. The average Bonchev–Trinajstić information content (AvgIpc) is 2.54. The molecule has 0 saturated carbocycles. The van der Waals surface area contributed by atoms with Gasteiger partial charge in [0.1, 0.15) is 17.4 Å². The number of H-pyrrole nitrogens is 1. The fourth-order valence-electron chi connectivity index (χ4n) is 2.45. The SMILES string of the molecule is COc1cccc([C@@H]2C(C#N)=C(N)Oc3nc[nH]c(=O)c32)c1. The molecule has 2 heterocycles. The van der Waals surface area contributed by atoms with Crippen LogP contribution < -0.4 is 20.8 Å². The van der Waals surface area contributed by atoms with Crippen LogP contribution in [-0.2, 0) is 0 Å². The van der Waals surface area contributed by atoms with Gasteiger partial charge in [-0.1, -0.05) is 12.1 Å². The first-order chi connectivity index (χ1) is 10.7. The third-order valence-electron chi connectivity index (χ3n) is 3.45. The number of benzene rings is 1. The molecule has 0 saturated heterocycles. The van der Waals surface area contributed by atoms with Gasteiger partial charge in [-0.2, -0.15) is 5.26 Å². The number of nitrogens with one attached hydrogen (secondary N) is 1. The van der Waals surface area contributed by atoms with Gasteiger partial charge in [-0.05, 0) is 17.7 Å². The molecule has 110 valence electrons. The normalized spacial score (nSPS) is 16.5. The van der Waals surface area contributed by atoms with Crippen molar-refractivity contribution < 1.29 is 9.47 Å². The predicted molar refractivity (Wildman–Crippen MR) is 77.1 cm³/mol. The van der Waals surface area contributed by atoms with E-state index in [0.717, 1.165) is 0 Å². The van der Waals surface area contributed by atoms with Crippen LogP contribution in [0.4, 0.5) is 0 Å². The quantitative estimate of drug-likeness (QED) is 0.854. The van der Waals surface area contributed by atoms with Crippen molar-refractivity contribution in [2.24, 2.45) is 5.73 Å². The van der Waals surface area contributed by atoms with Gasteiger partial charge in [-0.3, -0.25) is 4.79 Å². The molecule has 0 radical (unpaired) electrons. The lowest BCUT2D eigenvalue weighted by atomic mass is 9.85. The van der Waals surface area contributed by atoms with Crippen molar-refractivity contribution in [1.29, 1.82) is 5.26 Å². The molecule has 1 aliphatic heterocycles. The summed E-state index contributed by atoms with van der Waals surface area (Å²) in [5.74, 6) is 0.0111. The van der Waals surface area contributed by atoms with Crippen molar-refractivity contribution >= 4 is 0 Å². The highest BCUT2D eigenvalue weighted by molar-refractivity contribution is 5.53. The summed E-state index contributed by atoms with van der Waals surface area (Å²) in [6, 6.07) is 9.10. The molecule has 3 N–H and O–H groups in total. The van der Waals surface area contributed by atoms with E-state index in [1.54, 1.807) is 31.4 Å². The number of aromatic amines is 1. The standard InChI is InChI=1S/C15H12N4O3/c1-21-9-4-2-3-8(5-9)11-10(6-16)13(17)22-15-12(11)14(20)18-7-19-15/h2-5,7,11H,17H2,1H3,(H,18,19,20)/t11-/m1/s1. The van der Waals surface area contributed by atoms with Crippen LogP contribution in [0.2, 0.25) is 0 Å². The largest absolute Gasteiger partial charge is 0.497 e. The lowest BCUT2D eigenvalue weighted by molar-refractivity contribution is 0.374. The van der Waals surface area contributed by atoms with Gasteiger partial charge in [-0.25, -0.2) is 4.98 Å². The number of nitriles is 1. The Labute approximate surface area is 125 Å². The number of hydrogen-bond donors (Lipinski definition) is 2. The second-order valence-corrected chi connectivity index (χ2v) is 4.65. The van der Waals surface area contributed by atoms with Crippen molar-refractivity contribution in [3.63, 3.8) is 0 Å². The lowest BCUT2D eigenvalue weighted by Gasteiger charge is -2.24. The number of nitrogens with two attached hydrogens (primary N) is 1. The summed E-state index contributed by atoms with van der Waals surface area (Å²) >= 11 is 0. The number of hydrogen-bond acceptors (Lipinski definition) is 6. The highest BCUT2D eigenvalue weighted by Crippen LogP contribution is 2.39. The first-order valence-corrected chi connectivity index (χ1v) is 6.44. The highest BCUT2D eigenvalue weighted by Gasteiger charge is 2.34. The summed E-state index contributed by atoms with van der Waals surface area (Å²) in [6.07, 6.45) is 1.23. The molecule has 0 bridgehead atoms. The van der Waals surface area contributed by atoms with Gasteiger partial charge in [0.05, 0.1) is 24.9 Å². The highest BCUT2D eigenvalue weighted by atomic mass is 16.5. The van der Waals surface area contributed by atoms with E-state index < -0.39 is 5.92 Å². The van der Waals surface area contributed by atoms with Crippen LogP contribution in [0.5, 0.6) is 11.6 Å². The van der Waals surface area contributed by atoms with Gasteiger partial charge >= 0.3 is 0 Å². The van der Waals surface area contributed by atoms with Crippen LogP contribution in [0.1, 0.15) is 17.0 Å². The Kier molecular flexibility index (Phi) is 3.27. The molecule has 7 heteroatoms. The van der Waals surface area contributed by atoms with E-state index >= 15 is 0 Å². The summed E-state index contributed by atoms with van der Waals surface area (Å²) in [7, 11) is 1.54. The zero-order valence-electron chi connectivity index (χ0n) is 11.7. The average molecular weight is 296 g/mol. The van der Waals surface area contributed by atoms with E-state index in [1.807, 2.05) is 6.07 Å². The van der Waals surface area contributed by atoms with Crippen LogP contribution in [0, 0.1) is 11.3 Å². The summed E-state index contributed by atoms with van der Waals surface area (Å²) in [6.45, 7) is 0. The maximum atomic E-state index is 12.2. The van der Waals surface area contributed by atoms with Crippen molar-refractivity contribution in [3.8, 4) is 17.7 Å². The van der Waals surface area contributed by atoms with Crippen LogP contribution in [0.15, 0.2) is 46.8 Å². The van der Waals surface area contributed by atoms with Crippen LogP contribution in [0.25, 0.3) is 0 Å². The Hall–Kier alpha value is -3.27. The van der Waals surface area contributed by atoms with Gasteiger partial charge < -0.3 is 20.2 Å². The molecular weight excluding hydrogens is 284 g/mol. The maximum absolute atomic E-state index is 12.2. The van der Waals surface area contributed by atoms with Gasteiger partial charge in [0, 0.05) is 0 Å². The van der Waals surface area contributed by atoms with Crippen molar-refractivity contribution in [2.75, 3.05) is 7.11 Å². The van der Waals surface area contributed by atoms with Gasteiger partial charge in [-0.15, -0.1) is 0 Å². The summed E-state index contributed by atoms with van der Waals surface area (Å²) in [5.41, 5.74) is 6.54. The van der Waals surface area contributed by atoms with Crippen LogP contribution in [-0.4, -0.2) is 17.1 Å². The van der Waals surface area contributed by atoms with Crippen molar-refractivity contribution in [1.82, 2.24) is 9.97 Å². The topological polar surface area (TPSA) is 114 Å². The third kappa shape index (κ3) is 2.07. The molecule has 0 aliphatic carbocycles. The van der Waals surface area contributed by atoms with E-state index in [0.29, 0.717) is 11.3 Å². The third-order valence-corrected chi connectivity index (χ3v) is 3.45. The molecule has 1 aromatic heterocycles. The molecular formula is C15H12N4O3. The summed E-state index contributed by atoms with van der Waals surface area (Å²) in [5, 5.41) is 9.40. The molecule has 7 nitrogen and oxygen atoms in total. The Morgan fingerprint density at radius 2 is 2.32 bits per heavy atom. The van der Waals surface area contributed by atoms with E-state index in [-0.39, 0.29) is 28.5 Å². The summed E-state index contributed by atoms with van der Waals surface area (Å²) in [4.78, 5) is 18.7. The molecule has 0 unspecified atom stereocenters. The fourth-order valence-corrected chi connectivity index (χ4v) is 2.45. The van der Waals surface area contributed by atoms with Crippen LogP contribution >= 0.6 is 0 Å². The van der Waals surface area contributed by atoms with Crippen molar-refractivity contribution in [2.45, 2.75) is 5.92 Å². The number of aromatic nitrogens is 2. The number of fused-ring (bicyclic) bond motifs is 1. The van der Waals surface area contributed by atoms with Gasteiger partial charge in [0.2, 0.25) is 11.8 Å². The first-order valence-electron chi connectivity index (χ1n) is 6.44. The van der Waals surface area contributed by atoms with Crippen molar-refractivity contribution in [3.05, 3.63) is 63.5 Å². The smallest absolute Gasteiger partial charge is 0.258 e. The Balaban J connectivity index is 2.28. The molecule has 1 atom stereocenters. The second-order valence-electron chi connectivity index (χ2n) is 4.65. The maximum Gasteiger partial charge on any atom is 0.258 e. The summed E-state index contributed by atoms with van der Waals surface area (Å²) < 4.78 is 10.5. The van der Waals surface area contributed by atoms with Crippen LogP contribution in [0.3, 0.4) is 0 Å². The number of rotatable bonds is 2. The molecule has 0 amide bonds. The molecule has 1 aromatic carbocycles. The van der Waals surface area contributed by atoms with E-state index in [1.165, 1.54) is 6.33 Å². The van der Waals surface area contributed by atoms with E-state index in [2.05, 4.69) is 9.97 Å². The molecule has 0 fully saturated rings.